The molecule has 2 aliphatic rings. The molecule has 0 bridgehead atoms. The molecule has 2 aliphatic heterocycles. The average molecular weight is 338 g/mol. The van der Waals surface area contributed by atoms with Crippen LogP contribution in [-0.2, 0) is 13.0 Å². The van der Waals surface area contributed by atoms with E-state index in [0.717, 1.165) is 12.3 Å². The zero-order chi connectivity index (χ0) is 16.4. The Labute approximate surface area is 146 Å². The lowest BCUT2D eigenvalue weighted by Crippen LogP contribution is -2.57. The molecule has 1 spiro atoms. The number of aryl methyl sites for hydroxylation is 1. The Morgan fingerprint density at radius 1 is 0.958 bits per heavy atom. The van der Waals surface area contributed by atoms with Crippen molar-refractivity contribution in [2.75, 3.05) is 20.2 Å². The minimum Gasteiger partial charge on any atom is -0.497 e. The maximum Gasteiger partial charge on any atom is 0.118 e. The van der Waals surface area contributed by atoms with E-state index in [1.165, 1.54) is 49.6 Å². The van der Waals surface area contributed by atoms with Crippen LogP contribution in [0.15, 0.2) is 48.5 Å². The highest BCUT2D eigenvalue weighted by Gasteiger charge is 2.41. The van der Waals surface area contributed by atoms with E-state index in [2.05, 4.69) is 53.4 Å². The molecule has 0 aromatic heterocycles. The van der Waals surface area contributed by atoms with Gasteiger partial charge in [-0.2, -0.15) is 0 Å². The molecule has 0 unspecified atom stereocenters. The molecular weight excluding hydrogens is 310 g/mol. The van der Waals surface area contributed by atoms with E-state index < -0.39 is 8.07 Å². The summed E-state index contributed by atoms with van der Waals surface area (Å²) in [5.74, 6) is 0.947. The van der Waals surface area contributed by atoms with E-state index in [9.17, 15) is 0 Å². The minimum atomic E-state index is -1.23. The zero-order valence-electron chi connectivity index (χ0n) is 14.6. The van der Waals surface area contributed by atoms with Gasteiger partial charge in [-0.15, -0.1) is 0 Å². The molecule has 1 saturated heterocycles. The standard InChI is InChI=1S/C21H27NOSi/c1-23-20-10-8-18(9-11-20)17-22-12-15-24(16-13-22)14-4-6-19-5-2-3-7-21(19)24/h2-3,5,7-11H,4,6,12-17H2,1H3. The number of methoxy groups -OCH3 is 1. The molecule has 0 N–H and O–H groups in total. The Balaban J connectivity index is 1.43. The molecule has 2 nitrogen and oxygen atoms in total. The minimum absolute atomic E-state index is 0.947. The molecule has 0 atom stereocenters. The van der Waals surface area contributed by atoms with Gasteiger partial charge in [0.2, 0.25) is 0 Å². The normalized spacial score (nSPS) is 19.9. The lowest BCUT2D eigenvalue weighted by Gasteiger charge is -2.44. The third kappa shape index (κ3) is 3.03. The van der Waals surface area contributed by atoms with Crippen LogP contribution in [0, 0.1) is 0 Å². The molecule has 1 fully saturated rings. The van der Waals surface area contributed by atoms with Crippen molar-refractivity contribution in [3.8, 4) is 5.75 Å². The largest absolute Gasteiger partial charge is 0.497 e. The van der Waals surface area contributed by atoms with Crippen molar-refractivity contribution >= 4 is 13.3 Å². The maximum atomic E-state index is 5.26. The summed E-state index contributed by atoms with van der Waals surface area (Å²) in [6, 6.07) is 22.3. The monoisotopic (exact) mass is 337 g/mol. The highest BCUT2D eigenvalue weighted by molar-refractivity contribution is 6.92. The fraction of sp³-hybridized carbons (Fsp3) is 0.429. The summed E-state index contributed by atoms with van der Waals surface area (Å²) in [4.78, 5) is 2.65. The summed E-state index contributed by atoms with van der Waals surface area (Å²) < 4.78 is 5.26. The van der Waals surface area contributed by atoms with Crippen LogP contribution in [-0.4, -0.2) is 33.2 Å². The second kappa shape index (κ2) is 6.73. The zero-order valence-corrected chi connectivity index (χ0v) is 15.6. The third-order valence-electron chi connectivity index (χ3n) is 6.07. The predicted molar refractivity (Wildman–Crippen MR) is 103 cm³/mol. The van der Waals surface area contributed by atoms with Crippen LogP contribution in [0.4, 0.5) is 0 Å². The van der Waals surface area contributed by atoms with Gasteiger partial charge in [0, 0.05) is 6.54 Å². The molecule has 126 valence electrons. The first kappa shape index (κ1) is 15.9. The lowest BCUT2D eigenvalue weighted by molar-refractivity contribution is 0.281. The van der Waals surface area contributed by atoms with E-state index in [0.29, 0.717) is 0 Å². The first-order valence-electron chi connectivity index (χ1n) is 9.23. The molecule has 0 radical (unpaired) electrons. The maximum absolute atomic E-state index is 5.26. The Hall–Kier alpha value is -1.58. The van der Waals surface area contributed by atoms with Gasteiger partial charge in [-0.3, -0.25) is 4.90 Å². The van der Waals surface area contributed by atoms with Crippen LogP contribution in [0.1, 0.15) is 17.5 Å². The Morgan fingerprint density at radius 2 is 1.71 bits per heavy atom. The Kier molecular flexibility index (Phi) is 4.46. The van der Waals surface area contributed by atoms with Crippen LogP contribution in [0.3, 0.4) is 0 Å². The van der Waals surface area contributed by atoms with Gasteiger partial charge in [-0.1, -0.05) is 54.0 Å². The first-order valence-corrected chi connectivity index (χ1v) is 11.8. The van der Waals surface area contributed by atoms with E-state index in [1.807, 2.05) is 0 Å². The van der Waals surface area contributed by atoms with E-state index >= 15 is 0 Å². The molecule has 24 heavy (non-hydrogen) atoms. The van der Waals surface area contributed by atoms with Gasteiger partial charge in [-0.05, 0) is 54.9 Å². The van der Waals surface area contributed by atoms with Crippen molar-refractivity contribution < 1.29 is 4.74 Å². The molecule has 2 heterocycles. The second-order valence-corrected chi connectivity index (χ2v) is 12.0. The topological polar surface area (TPSA) is 12.5 Å². The summed E-state index contributed by atoms with van der Waals surface area (Å²) in [5.41, 5.74) is 3.07. The smallest absolute Gasteiger partial charge is 0.118 e. The van der Waals surface area contributed by atoms with E-state index in [4.69, 9.17) is 4.74 Å². The fourth-order valence-electron chi connectivity index (χ4n) is 4.66. The van der Waals surface area contributed by atoms with Crippen molar-refractivity contribution in [3.05, 3.63) is 59.7 Å². The van der Waals surface area contributed by atoms with Gasteiger partial charge in [0.1, 0.15) is 5.75 Å². The van der Waals surface area contributed by atoms with Crippen molar-refractivity contribution in [3.63, 3.8) is 0 Å². The van der Waals surface area contributed by atoms with Crippen LogP contribution < -0.4 is 9.92 Å². The molecule has 0 aliphatic carbocycles. The van der Waals surface area contributed by atoms with Gasteiger partial charge in [0.25, 0.3) is 0 Å². The highest BCUT2D eigenvalue weighted by Crippen LogP contribution is 2.33. The number of benzene rings is 2. The molecular formula is C21H27NOSi. The van der Waals surface area contributed by atoms with Gasteiger partial charge >= 0.3 is 0 Å². The van der Waals surface area contributed by atoms with Crippen LogP contribution in [0.5, 0.6) is 5.75 Å². The summed E-state index contributed by atoms with van der Waals surface area (Å²) in [6.45, 7) is 3.62. The number of nitrogens with zero attached hydrogens (tertiary/aromatic N) is 1. The second-order valence-electron chi connectivity index (χ2n) is 7.42. The SMILES string of the molecule is COc1ccc(CN2CC[Si]3(CCCc4ccccc43)CC2)cc1. The van der Waals surface area contributed by atoms with Gasteiger partial charge in [0.05, 0.1) is 15.2 Å². The number of rotatable bonds is 3. The van der Waals surface area contributed by atoms with Gasteiger partial charge < -0.3 is 4.74 Å². The highest BCUT2D eigenvalue weighted by atomic mass is 28.3. The summed E-state index contributed by atoms with van der Waals surface area (Å²) in [7, 11) is 0.502. The number of fused-ring (bicyclic) bond motifs is 2. The van der Waals surface area contributed by atoms with Crippen LogP contribution in [0.25, 0.3) is 0 Å². The van der Waals surface area contributed by atoms with E-state index in [-0.39, 0.29) is 0 Å². The Morgan fingerprint density at radius 3 is 2.46 bits per heavy atom. The average Bonchev–Trinajstić information content (AvgIpc) is 2.65. The molecule has 2 aromatic rings. The molecule has 4 rings (SSSR count). The third-order valence-corrected chi connectivity index (χ3v) is 11.4. The molecule has 2 aromatic carbocycles. The van der Waals surface area contributed by atoms with E-state index in [1.54, 1.807) is 17.9 Å². The quantitative estimate of drug-likeness (QED) is 0.790. The van der Waals surface area contributed by atoms with Crippen molar-refractivity contribution in [1.29, 1.82) is 0 Å². The molecule has 3 heteroatoms. The lowest BCUT2D eigenvalue weighted by atomic mass is 10.1. The van der Waals surface area contributed by atoms with Crippen molar-refractivity contribution in [1.82, 2.24) is 4.90 Å². The van der Waals surface area contributed by atoms with Crippen LogP contribution in [0.2, 0.25) is 18.1 Å². The molecule has 0 saturated carbocycles. The Bertz CT molecular complexity index is 689. The van der Waals surface area contributed by atoms with Crippen molar-refractivity contribution in [2.45, 2.75) is 37.5 Å². The van der Waals surface area contributed by atoms with Gasteiger partial charge in [0.15, 0.2) is 0 Å². The number of hydrogen-bond acceptors (Lipinski definition) is 2. The number of hydrogen-bond donors (Lipinski definition) is 0. The summed E-state index contributed by atoms with van der Waals surface area (Å²) in [5, 5.41) is 1.79. The van der Waals surface area contributed by atoms with Gasteiger partial charge in [-0.25, -0.2) is 0 Å². The first-order chi connectivity index (χ1) is 11.8. The fourth-order valence-corrected chi connectivity index (χ4v) is 9.89. The summed E-state index contributed by atoms with van der Waals surface area (Å²) in [6.07, 6.45) is 2.72. The predicted octanol–water partition coefficient (Wildman–Crippen LogP) is 3.81. The molecule has 0 amide bonds. The van der Waals surface area contributed by atoms with Crippen molar-refractivity contribution in [2.24, 2.45) is 0 Å². The van der Waals surface area contributed by atoms with Crippen LogP contribution >= 0.6 is 0 Å². The summed E-state index contributed by atoms with van der Waals surface area (Å²) >= 11 is 0. The number of ether oxygens (including phenoxy) is 1.